The van der Waals surface area contributed by atoms with Crippen molar-refractivity contribution in [3.63, 3.8) is 0 Å². The standard InChI is InChI=1S/C11H19O2.BrH.Zn/c1-9(2)10-3-5-11(6-4-10)12-7-8-13-11;;/h9-10H,1,3-8H2,2H3;1H;/q;;+1/p-1. The molecule has 1 spiro atoms. The Morgan fingerprint density at radius 2 is 1.80 bits per heavy atom. The molecule has 0 aromatic heterocycles. The molecule has 2 aliphatic rings. The second-order valence-corrected chi connectivity index (χ2v) is 5.92. The van der Waals surface area contributed by atoms with Crippen LogP contribution in [0.2, 0.25) is 5.02 Å². The molecule has 1 aliphatic heterocycles. The Labute approximate surface area is 113 Å². The Balaban J connectivity index is 0.00000112. The molecule has 84 valence electrons. The molecule has 1 heterocycles. The fraction of sp³-hybridized carbons (Fsp3) is 1.00. The van der Waals surface area contributed by atoms with Crippen molar-refractivity contribution in [1.29, 1.82) is 0 Å². The van der Waals surface area contributed by atoms with E-state index in [1.54, 1.807) is 0 Å². The topological polar surface area (TPSA) is 18.5 Å². The zero-order valence-corrected chi connectivity index (χ0v) is 14.1. The monoisotopic (exact) mass is 326 g/mol. The molecule has 2 rings (SSSR count). The summed E-state index contributed by atoms with van der Waals surface area (Å²) >= 11 is 1.44. The van der Waals surface area contributed by atoms with Crippen LogP contribution in [0.15, 0.2) is 0 Å². The first-order valence-electron chi connectivity index (χ1n) is 5.83. The van der Waals surface area contributed by atoms with Gasteiger partial charge in [-0.2, -0.15) is 0 Å². The molecule has 1 unspecified atom stereocenters. The maximum absolute atomic E-state index is 5.73. The predicted octanol–water partition coefficient (Wildman–Crippen LogP) is -0.475. The van der Waals surface area contributed by atoms with Gasteiger partial charge in [-0.05, 0) is 0 Å². The van der Waals surface area contributed by atoms with Crippen LogP contribution < -0.4 is 17.0 Å². The SMILES string of the molecule is CC([CH2][Zn+])C1CCC2(CC1)OCCO2.[Br-]. The van der Waals surface area contributed by atoms with Gasteiger partial charge in [-0.25, -0.2) is 0 Å². The van der Waals surface area contributed by atoms with Gasteiger partial charge in [-0.3, -0.25) is 0 Å². The number of rotatable bonds is 2. The Morgan fingerprint density at radius 1 is 1.27 bits per heavy atom. The van der Waals surface area contributed by atoms with Crippen molar-refractivity contribution in [1.82, 2.24) is 0 Å². The van der Waals surface area contributed by atoms with Crippen molar-refractivity contribution in [3.8, 4) is 0 Å². The summed E-state index contributed by atoms with van der Waals surface area (Å²) in [5, 5.41) is 1.43. The van der Waals surface area contributed by atoms with Crippen LogP contribution in [-0.4, -0.2) is 19.0 Å². The van der Waals surface area contributed by atoms with Crippen molar-refractivity contribution in [2.75, 3.05) is 13.2 Å². The number of hydrogen-bond acceptors (Lipinski definition) is 2. The molecule has 0 radical (unpaired) electrons. The summed E-state index contributed by atoms with van der Waals surface area (Å²) in [5.74, 6) is 1.70. The Kier molecular flexibility index (Phi) is 5.72. The molecule has 0 N–H and O–H groups in total. The van der Waals surface area contributed by atoms with E-state index < -0.39 is 0 Å². The van der Waals surface area contributed by atoms with Gasteiger partial charge in [0.05, 0.1) is 0 Å². The molecule has 1 saturated carbocycles. The molecule has 1 saturated heterocycles. The predicted molar refractivity (Wildman–Crippen MR) is 50.6 cm³/mol. The second-order valence-electron chi connectivity index (χ2n) is 4.71. The minimum absolute atomic E-state index is 0. The number of halogens is 1. The normalized spacial score (nSPS) is 27.7. The first-order valence-corrected chi connectivity index (χ1v) is 7.93. The molecule has 1 atom stereocenters. The zero-order valence-electron chi connectivity index (χ0n) is 9.51. The van der Waals surface area contributed by atoms with Gasteiger partial charge in [0.25, 0.3) is 0 Å². The summed E-state index contributed by atoms with van der Waals surface area (Å²) in [5.41, 5.74) is 0. The van der Waals surface area contributed by atoms with Crippen LogP contribution in [0.4, 0.5) is 0 Å². The van der Waals surface area contributed by atoms with Gasteiger partial charge < -0.3 is 17.0 Å². The van der Waals surface area contributed by atoms with Crippen molar-refractivity contribution < 1.29 is 44.8 Å². The van der Waals surface area contributed by atoms with Gasteiger partial charge in [-0.15, -0.1) is 0 Å². The van der Waals surface area contributed by atoms with Crippen LogP contribution in [0.5, 0.6) is 0 Å². The summed E-state index contributed by atoms with van der Waals surface area (Å²) in [6, 6.07) is 0. The third-order valence-electron chi connectivity index (χ3n) is 3.87. The van der Waals surface area contributed by atoms with Crippen LogP contribution in [-0.2, 0) is 27.8 Å². The molecular weight excluding hydrogens is 309 g/mol. The van der Waals surface area contributed by atoms with Crippen molar-refractivity contribution >= 4 is 0 Å². The smallest absolute Gasteiger partial charge is 1.00 e. The average Bonchev–Trinajstić information content (AvgIpc) is 2.67. The average molecular weight is 329 g/mol. The van der Waals surface area contributed by atoms with Crippen LogP contribution in [0.3, 0.4) is 0 Å². The fourth-order valence-electron chi connectivity index (χ4n) is 2.67. The molecule has 0 aromatic rings. The van der Waals surface area contributed by atoms with Gasteiger partial charge in [0.15, 0.2) is 0 Å². The van der Waals surface area contributed by atoms with E-state index in [9.17, 15) is 0 Å². The van der Waals surface area contributed by atoms with Gasteiger partial charge >= 0.3 is 96.2 Å². The van der Waals surface area contributed by atoms with E-state index >= 15 is 0 Å². The van der Waals surface area contributed by atoms with Gasteiger partial charge in [0, 0.05) is 0 Å². The third kappa shape index (κ3) is 3.24. The van der Waals surface area contributed by atoms with Crippen LogP contribution in [0, 0.1) is 11.8 Å². The molecule has 15 heavy (non-hydrogen) atoms. The zero-order chi connectivity index (χ0) is 10.0. The van der Waals surface area contributed by atoms with E-state index in [2.05, 4.69) is 6.92 Å². The summed E-state index contributed by atoms with van der Waals surface area (Å²) in [6.45, 7) is 4.02. The summed E-state index contributed by atoms with van der Waals surface area (Å²) < 4.78 is 11.5. The Morgan fingerprint density at radius 3 is 2.27 bits per heavy atom. The molecule has 0 bridgehead atoms. The molecule has 4 heteroatoms. The third-order valence-corrected chi connectivity index (χ3v) is 5.78. The van der Waals surface area contributed by atoms with Crippen LogP contribution in [0.25, 0.3) is 0 Å². The minimum Gasteiger partial charge on any atom is -1.00 e. The van der Waals surface area contributed by atoms with E-state index in [0.29, 0.717) is 0 Å². The molecule has 0 aromatic carbocycles. The van der Waals surface area contributed by atoms with Gasteiger partial charge in [0.2, 0.25) is 0 Å². The van der Waals surface area contributed by atoms with Gasteiger partial charge in [-0.1, -0.05) is 0 Å². The summed E-state index contributed by atoms with van der Waals surface area (Å²) in [4.78, 5) is 0. The molecule has 0 amide bonds. The van der Waals surface area contributed by atoms with Crippen molar-refractivity contribution in [2.45, 2.75) is 43.4 Å². The Bertz CT molecular complexity index is 185. The maximum atomic E-state index is 5.73. The van der Waals surface area contributed by atoms with Crippen LogP contribution >= 0.6 is 0 Å². The first-order chi connectivity index (χ1) is 6.76. The fourth-order valence-corrected chi connectivity index (χ4v) is 3.66. The molecular formula is C11H19BrO2Zn. The van der Waals surface area contributed by atoms with Crippen molar-refractivity contribution in [2.24, 2.45) is 11.8 Å². The first kappa shape index (κ1) is 14.1. The maximum Gasteiger partial charge on any atom is -1.00 e. The number of hydrogen-bond donors (Lipinski definition) is 0. The van der Waals surface area contributed by atoms with E-state index in [-0.39, 0.29) is 22.8 Å². The second kappa shape index (κ2) is 6.09. The van der Waals surface area contributed by atoms with Crippen molar-refractivity contribution in [3.05, 3.63) is 0 Å². The molecule has 2 fully saturated rings. The molecule has 2 nitrogen and oxygen atoms in total. The number of ether oxygens (including phenoxy) is 2. The van der Waals surface area contributed by atoms with E-state index in [0.717, 1.165) is 37.9 Å². The Hall–Kier alpha value is 1.02. The summed E-state index contributed by atoms with van der Waals surface area (Å²) in [7, 11) is 0. The van der Waals surface area contributed by atoms with Crippen LogP contribution in [0.1, 0.15) is 32.6 Å². The molecule has 1 aliphatic carbocycles. The largest absolute Gasteiger partial charge is 1.00 e. The summed E-state index contributed by atoms with van der Waals surface area (Å²) in [6.07, 6.45) is 4.87. The van der Waals surface area contributed by atoms with E-state index in [1.165, 1.54) is 36.2 Å². The quantitative estimate of drug-likeness (QED) is 0.638. The van der Waals surface area contributed by atoms with E-state index in [4.69, 9.17) is 9.47 Å². The van der Waals surface area contributed by atoms with E-state index in [1.807, 2.05) is 0 Å². The minimum atomic E-state index is -0.153. The van der Waals surface area contributed by atoms with Gasteiger partial charge in [0.1, 0.15) is 0 Å².